The molecule has 0 unspecified atom stereocenters. The molecule has 0 aromatic carbocycles. The molecule has 0 fully saturated rings. The first-order valence-corrected chi connectivity index (χ1v) is 22.6. The zero-order chi connectivity index (χ0) is 14.1. The Labute approximate surface area is 120 Å². The van der Waals surface area contributed by atoms with Crippen LogP contribution >= 0.6 is 15.9 Å². The first-order chi connectivity index (χ1) is 7.31. The van der Waals surface area contributed by atoms with Crippen molar-refractivity contribution < 1.29 is 4.43 Å². The van der Waals surface area contributed by atoms with Gasteiger partial charge in [-0.3, -0.25) is 0 Å². The minimum absolute atomic E-state index is 1.28. The molecule has 0 spiro atoms. The summed E-state index contributed by atoms with van der Waals surface area (Å²) in [4.78, 5) is 1.88. The Hall–Kier alpha value is 0.888. The molecule has 0 aliphatic heterocycles. The summed E-state index contributed by atoms with van der Waals surface area (Å²) in [5.74, 6) is 0. The lowest BCUT2D eigenvalue weighted by molar-refractivity contribution is 0.508. The Kier molecular flexibility index (Phi) is 5.77. The van der Waals surface area contributed by atoms with Crippen molar-refractivity contribution in [3.63, 3.8) is 0 Å². The Balaban J connectivity index is 5.92. The van der Waals surface area contributed by atoms with Gasteiger partial charge in [0.25, 0.3) is 0 Å². The average molecular weight is 370 g/mol. The van der Waals surface area contributed by atoms with Crippen molar-refractivity contribution in [2.45, 2.75) is 58.9 Å². The van der Waals surface area contributed by atoms with Gasteiger partial charge in [-0.15, -0.1) is 0 Å². The van der Waals surface area contributed by atoms with E-state index >= 15 is 0 Å². The Morgan fingerprint density at radius 3 is 1.18 bits per heavy atom. The van der Waals surface area contributed by atoms with Crippen LogP contribution in [0.1, 0.15) is 0 Å². The minimum atomic E-state index is -1.62. The van der Waals surface area contributed by atoms with Crippen molar-refractivity contribution >= 4 is 45.6 Å². The van der Waals surface area contributed by atoms with Crippen molar-refractivity contribution in [2.75, 3.05) is 0 Å². The maximum atomic E-state index is 6.57. The highest BCUT2D eigenvalue weighted by Crippen LogP contribution is 2.37. The van der Waals surface area contributed by atoms with Gasteiger partial charge in [-0.25, -0.2) is 0 Å². The molecule has 0 aliphatic rings. The predicted molar refractivity (Wildman–Crippen MR) is 94.9 cm³/mol. The molecule has 0 aromatic rings. The summed E-state index contributed by atoms with van der Waals surface area (Å²) in [7, 11) is -3.83. The zero-order valence-corrected chi connectivity index (χ0v) is 18.5. The maximum absolute atomic E-state index is 6.57. The molecule has 0 aliphatic carbocycles. The molecule has 0 heterocycles. The minimum Gasteiger partial charge on any atom is -0.557 e. The van der Waals surface area contributed by atoms with Crippen molar-refractivity contribution in [1.82, 2.24) is 0 Å². The molecule has 17 heavy (non-hydrogen) atoms. The molecule has 0 amide bonds. The van der Waals surface area contributed by atoms with Crippen LogP contribution in [0.4, 0.5) is 0 Å². The molecule has 0 aromatic heterocycles. The van der Waals surface area contributed by atoms with E-state index in [0.29, 0.717) is 0 Å². The molecule has 0 atom stereocenters. The summed E-state index contributed by atoms with van der Waals surface area (Å²) < 4.78 is 6.57. The summed E-state index contributed by atoms with van der Waals surface area (Å²) >= 11 is 3.37. The van der Waals surface area contributed by atoms with Gasteiger partial charge in [0.2, 0.25) is 6.87 Å². The first kappa shape index (κ1) is 17.9. The van der Waals surface area contributed by atoms with E-state index < -0.39 is 29.6 Å². The number of hydrogen-bond acceptors (Lipinski definition) is 1. The number of halogens is 1. The van der Waals surface area contributed by atoms with Gasteiger partial charge in [0.15, 0.2) is 0 Å². The fraction of sp³-hybridized carbons (Fsp3) is 0.818. The maximum Gasteiger partial charge on any atom is 0.205 e. The molecule has 0 saturated heterocycles. The third-order valence-corrected chi connectivity index (χ3v) is 71.1. The summed E-state index contributed by atoms with van der Waals surface area (Å²) in [6.07, 6.45) is 1.93. The molecule has 0 N–H and O–H groups in total. The van der Waals surface area contributed by atoms with E-state index in [-0.39, 0.29) is 0 Å². The van der Waals surface area contributed by atoms with Crippen LogP contribution in [0.5, 0.6) is 0 Å². The molecule has 0 bridgehead atoms. The zero-order valence-electron chi connectivity index (χ0n) is 12.9. The highest BCUT2D eigenvalue weighted by atomic mass is 79.9. The van der Waals surface area contributed by atoms with Crippen LogP contribution in [0.25, 0.3) is 0 Å². The molecule has 102 valence electrons. The Morgan fingerprint density at radius 1 is 0.706 bits per heavy atom. The molecule has 0 radical (unpaired) electrons. The smallest absolute Gasteiger partial charge is 0.205 e. The van der Waals surface area contributed by atoms with E-state index in [9.17, 15) is 0 Å². The molecule has 0 rings (SSSR count). The van der Waals surface area contributed by atoms with Crippen LogP contribution in [-0.4, -0.2) is 29.6 Å². The highest BCUT2D eigenvalue weighted by molar-refractivity contribution is 9.11. The largest absolute Gasteiger partial charge is 0.557 e. The molecule has 1 nitrogen and oxygen atoms in total. The normalized spacial score (nSPS) is 15.4. The third kappa shape index (κ3) is 3.46. The van der Waals surface area contributed by atoms with Crippen molar-refractivity contribution in [2.24, 2.45) is 0 Å². The monoisotopic (exact) mass is 368 g/mol. The van der Waals surface area contributed by atoms with Crippen LogP contribution in [0.3, 0.4) is 0 Å². The Bertz CT molecular complexity index is 247. The molecular formula is C11H29BrOSi4. The van der Waals surface area contributed by atoms with Crippen LogP contribution < -0.4 is 0 Å². The molecule has 0 saturated carbocycles. The summed E-state index contributed by atoms with van der Waals surface area (Å²) in [6.45, 7) is 21.1. The molecular weight excluding hydrogens is 340 g/mol. The van der Waals surface area contributed by atoms with E-state index in [1.165, 1.54) is 0 Å². The first-order valence-electron chi connectivity index (χ1n) is 6.24. The topological polar surface area (TPSA) is 9.23 Å². The average Bonchev–Trinajstić information content (AvgIpc) is 1.96. The van der Waals surface area contributed by atoms with Gasteiger partial charge in [0.1, 0.15) is 0 Å². The van der Waals surface area contributed by atoms with Crippen molar-refractivity contribution in [3.05, 3.63) is 11.2 Å². The van der Waals surface area contributed by atoms with E-state index in [2.05, 4.69) is 74.9 Å². The summed E-state index contributed by atoms with van der Waals surface area (Å²) in [5, 5.41) is 0. The fourth-order valence-corrected chi connectivity index (χ4v) is 97.2. The Morgan fingerprint density at radius 2 is 1.00 bits per heavy atom. The van der Waals surface area contributed by atoms with Gasteiger partial charge < -0.3 is 4.43 Å². The van der Waals surface area contributed by atoms with Crippen LogP contribution in [0.15, 0.2) is 11.2 Å². The van der Waals surface area contributed by atoms with E-state index in [4.69, 9.17) is 4.43 Å². The van der Waals surface area contributed by atoms with Crippen molar-refractivity contribution in [3.8, 4) is 0 Å². The van der Waals surface area contributed by atoms with Crippen LogP contribution in [0, 0.1) is 0 Å². The van der Waals surface area contributed by atoms with Gasteiger partial charge >= 0.3 is 0 Å². The second-order valence-corrected chi connectivity index (χ2v) is 47.8. The lowest BCUT2D eigenvalue weighted by Crippen LogP contribution is -2.83. The van der Waals surface area contributed by atoms with Gasteiger partial charge in [-0.2, -0.15) is 0 Å². The van der Waals surface area contributed by atoms with E-state index in [1.54, 1.807) is 0 Å². The lowest BCUT2D eigenvalue weighted by atomic mass is 11.2. The highest BCUT2D eigenvalue weighted by Gasteiger charge is 2.64. The predicted octanol–water partition coefficient (Wildman–Crippen LogP) is 5.06. The van der Waals surface area contributed by atoms with E-state index in [1.807, 2.05) is 11.2 Å². The SMILES string of the molecule is C[Si](C)(C)[Si](O/C=C\Br)([Si](C)(C)C)[Si](C)(C)C. The standard InChI is InChI=1S/C11H29BrOSi4/c1-14(2,3)17(13-11-10-12,15(4,5)6)16(7,8)9/h10-11H,1-9H3/b11-10-. The lowest BCUT2D eigenvalue weighted by Gasteiger charge is -2.55. The second kappa shape index (κ2) is 5.48. The summed E-state index contributed by atoms with van der Waals surface area (Å²) in [6, 6.07) is 0. The molecule has 6 heteroatoms. The third-order valence-electron chi connectivity index (χ3n) is 3.46. The van der Waals surface area contributed by atoms with E-state index in [0.717, 1.165) is 0 Å². The van der Waals surface area contributed by atoms with Crippen molar-refractivity contribution in [1.29, 1.82) is 0 Å². The number of hydrogen-bond donors (Lipinski definition) is 0. The fourth-order valence-electron chi connectivity index (χ4n) is 4.03. The van der Waals surface area contributed by atoms with Gasteiger partial charge in [-0.1, -0.05) is 74.9 Å². The summed E-state index contributed by atoms with van der Waals surface area (Å²) in [5.41, 5.74) is 0. The van der Waals surface area contributed by atoms with Gasteiger partial charge in [0.05, 0.1) is 29.0 Å². The van der Waals surface area contributed by atoms with Crippen LogP contribution in [-0.2, 0) is 4.43 Å². The van der Waals surface area contributed by atoms with Gasteiger partial charge in [-0.05, 0) is 0 Å². The van der Waals surface area contributed by atoms with Crippen LogP contribution in [0.2, 0.25) is 58.9 Å². The number of rotatable bonds is 5. The second-order valence-electron chi connectivity index (χ2n) is 7.81. The quantitative estimate of drug-likeness (QED) is 0.486. The van der Waals surface area contributed by atoms with Gasteiger partial charge in [0, 0.05) is 4.99 Å².